The van der Waals surface area contributed by atoms with E-state index in [0.717, 1.165) is 5.56 Å². The van der Waals surface area contributed by atoms with Gasteiger partial charge in [-0.2, -0.15) is 0 Å². The summed E-state index contributed by atoms with van der Waals surface area (Å²) >= 11 is 0. The molecule has 1 heterocycles. The summed E-state index contributed by atoms with van der Waals surface area (Å²) in [5.41, 5.74) is -0.870. The first-order valence-corrected chi connectivity index (χ1v) is 36.3. The molecular weight excluding hydrogens is 1420 g/mol. The van der Waals surface area contributed by atoms with E-state index in [1.165, 1.54) is 33.0 Å². The van der Waals surface area contributed by atoms with Crippen LogP contribution in [0.15, 0.2) is 96.1 Å². The SMILES string of the molecule is CC(=O)O[C@@]12COC1C[C@H](C)[C@@]1(C)C(=O)[C@H](O)C3=C(C)C(OC(=O)C(OC(=O)OCc4ccc(C)cc4)[C@@H](NC(=O)OC(C)(C)C)c4ccccc4)C[C@@](O)([C@@H](OC(=O)c4ccccc4)[C@@H]12)C3(C)C.CNC(=O)[C@@H](CC(N)=O)NC(=O)[C@@H](C)NC(=O)[C@@H](C)CC(=O)COCCOCCOCCOCCOCCOC. The van der Waals surface area contributed by atoms with Crippen molar-refractivity contribution in [3.05, 3.63) is 118 Å². The number of rotatable bonds is 37. The number of nitrogens with two attached hydrogens (primary N) is 1. The molecule has 0 aromatic heterocycles. The zero-order valence-corrected chi connectivity index (χ0v) is 64.7. The Morgan fingerprint density at radius 3 is 1.83 bits per heavy atom. The Kier molecular flexibility index (Phi) is 33.3. The lowest BCUT2D eigenvalue weighted by Gasteiger charge is -2.68. The molecule has 1 saturated heterocycles. The van der Waals surface area contributed by atoms with Gasteiger partial charge in [-0.3, -0.25) is 33.6 Å². The molecule has 5 amide bonds. The zero-order chi connectivity index (χ0) is 80.6. The van der Waals surface area contributed by atoms with Gasteiger partial charge in [0.05, 0.1) is 90.6 Å². The van der Waals surface area contributed by atoms with E-state index in [-0.39, 0.29) is 68.4 Å². The maximum Gasteiger partial charge on any atom is 0.509 e. The Bertz CT molecular complexity index is 3630. The number of methoxy groups -OCH3 is 1. The Hall–Kier alpha value is -8.79. The number of hydrogen-bond acceptors (Lipinski definition) is 26. The quantitative estimate of drug-likeness (QED) is 0.0170. The van der Waals surface area contributed by atoms with Crippen LogP contribution in [-0.2, 0) is 107 Å². The Morgan fingerprint density at radius 1 is 0.725 bits per heavy atom. The van der Waals surface area contributed by atoms with Crippen LogP contribution in [0.4, 0.5) is 9.59 Å². The summed E-state index contributed by atoms with van der Waals surface area (Å²) in [4.78, 5) is 145. The number of ketones is 2. The minimum atomic E-state index is -2.33. The summed E-state index contributed by atoms with van der Waals surface area (Å²) < 4.78 is 73.4. The van der Waals surface area contributed by atoms with Crippen LogP contribution in [0.5, 0.6) is 0 Å². The van der Waals surface area contributed by atoms with Gasteiger partial charge in [0, 0.05) is 50.7 Å². The number of alkyl carbamates (subject to hydrolysis) is 1. The van der Waals surface area contributed by atoms with E-state index in [2.05, 4.69) is 21.3 Å². The van der Waals surface area contributed by atoms with E-state index >= 15 is 9.59 Å². The van der Waals surface area contributed by atoms with E-state index in [1.54, 1.807) is 130 Å². The highest BCUT2D eigenvalue weighted by molar-refractivity contribution is 5.96. The van der Waals surface area contributed by atoms with Crippen molar-refractivity contribution in [3.8, 4) is 0 Å². The summed E-state index contributed by atoms with van der Waals surface area (Å²) in [5, 5.41) is 36.2. The number of primary amides is 1. The van der Waals surface area contributed by atoms with Gasteiger partial charge in [-0.1, -0.05) is 113 Å². The van der Waals surface area contributed by atoms with Crippen molar-refractivity contribution in [3.63, 3.8) is 0 Å². The Labute approximate surface area is 635 Å². The molecule has 0 spiro atoms. The standard InChI is InChI=1S/C53H63NO15.C25H46N4O11/c1-29-21-23-33(24-22-29)27-63-48(61)66-41(39(34-17-13-11-14-18-34)54-47(60)69-49(5,6)7)46(59)65-36-26-53(62)44(67-45(58)35-19-15-12-16-20-35)42-51(10,43(57)40(56)38(31(36)3)50(53,8)9)30(2)25-37-52(42,28-64-37)68-32(4)55;1-18(23(32)28-19(2)24(33)29-21(16-22(26)31)25(34)27-3)15-20(30)17-40-14-13-39-12-11-38-10-9-37-8-7-36-6-5-35-4/h11-24,30,36-37,39-42,44,56,62H,25-28H2,1-10H3,(H,54,60);18-19,21H,5-17H2,1-4H3,(H2,26,31)(H,27,34)(H,28,32)(H,29,33)/t30-,36?,37?,39-,40+,41?,42-,44-,51+,52-,53+;18-,19+,21+/m00/s1. The van der Waals surface area contributed by atoms with Crippen LogP contribution in [-0.4, -0.2) is 228 Å². The molecule has 3 aromatic carbocycles. The highest BCUT2D eigenvalue weighted by atomic mass is 16.7. The molecule has 2 saturated carbocycles. The van der Waals surface area contributed by atoms with Crippen LogP contribution < -0.4 is 27.0 Å². The number of Topliss-reactive ketones (excluding diaryl/α,β-unsaturated/α-hetero) is 2. The van der Waals surface area contributed by atoms with Gasteiger partial charge in [-0.25, -0.2) is 19.2 Å². The number of hydrogen-bond donors (Lipinski definition) is 7. The molecule has 3 aliphatic carbocycles. The average molecular weight is 1530 g/mol. The van der Waals surface area contributed by atoms with Gasteiger partial charge in [-0.15, -0.1) is 0 Å². The zero-order valence-electron chi connectivity index (χ0n) is 64.7. The highest BCUT2D eigenvalue weighted by Gasteiger charge is 2.77. The monoisotopic (exact) mass is 1530 g/mol. The average Bonchev–Trinajstić information content (AvgIpc) is 0.670. The van der Waals surface area contributed by atoms with E-state index in [0.29, 0.717) is 64.0 Å². The summed E-state index contributed by atoms with van der Waals surface area (Å²) in [6.45, 7) is 22.8. The van der Waals surface area contributed by atoms with Gasteiger partial charge in [0.2, 0.25) is 29.7 Å². The third-order valence-corrected chi connectivity index (χ3v) is 19.9. The summed E-state index contributed by atoms with van der Waals surface area (Å²) in [6, 6.07) is 19.7. The lowest BCUT2D eigenvalue weighted by molar-refractivity contribution is -0.340. The fraction of sp³-hybridized carbons (Fsp3) is 0.603. The first kappa shape index (κ1) is 89.1. The molecule has 8 N–H and O–H groups in total. The lowest BCUT2D eigenvalue weighted by Crippen LogP contribution is -2.80. The van der Waals surface area contributed by atoms with Gasteiger partial charge >= 0.3 is 30.2 Å². The van der Waals surface area contributed by atoms with Crippen LogP contribution >= 0.6 is 0 Å². The molecule has 31 nitrogen and oxygen atoms in total. The second kappa shape index (κ2) is 40.8. The highest BCUT2D eigenvalue weighted by Crippen LogP contribution is 2.65. The number of aryl methyl sites for hydroxylation is 1. The minimum Gasteiger partial charge on any atom is -0.455 e. The van der Waals surface area contributed by atoms with E-state index in [9.17, 15) is 53.4 Å². The van der Waals surface area contributed by atoms with Gasteiger partial charge in [-0.05, 0) is 88.3 Å². The van der Waals surface area contributed by atoms with Crippen LogP contribution in [0.3, 0.4) is 0 Å². The van der Waals surface area contributed by atoms with Crippen LogP contribution in [0, 0.1) is 35.5 Å². The molecule has 3 aromatic rings. The molecule has 31 heteroatoms. The van der Waals surface area contributed by atoms with Crippen molar-refractivity contribution < 1.29 is 125 Å². The minimum absolute atomic E-state index is 0.00155. The first-order valence-electron chi connectivity index (χ1n) is 36.3. The molecule has 3 fully saturated rings. The van der Waals surface area contributed by atoms with E-state index < -0.39 is 166 Å². The number of ether oxygens (including phenoxy) is 13. The fourth-order valence-electron chi connectivity index (χ4n) is 13.9. The normalized spacial score (nSPS) is 23.8. The predicted octanol–water partition coefficient (Wildman–Crippen LogP) is 5.13. The van der Waals surface area contributed by atoms with Crippen LogP contribution in [0.2, 0.25) is 0 Å². The number of benzene rings is 3. The molecule has 7 rings (SSSR count). The van der Waals surface area contributed by atoms with Crippen molar-refractivity contribution in [1.82, 2.24) is 21.3 Å². The number of aliphatic hydroxyl groups excluding tert-OH is 1. The lowest BCUT2D eigenvalue weighted by atomic mass is 9.43. The van der Waals surface area contributed by atoms with Gasteiger partial charge in [0.15, 0.2) is 17.2 Å². The molecule has 14 atom stereocenters. The number of fused-ring (bicyclic) bond motifs is 5. The molecule has 4 aliphatic rings. The van der Waals surface area contributed by atoms with Crippen LogP contribution in [0.25, 0.3) is 0 Å². The topological polar surface area (TPSA) is 422 Å². The number of aliphatic hydroxyl groups is 2. The maximum absolute atomic E-state index is 15.4. The van der Waals surface area contributed by atoms with E-state index in [4.69, 9.17) is 67.3 Å². The third kappa shape index (κ3) is 23.9. The molecular formula is C78H109N5O26. The van der Waals surface area contributed by atoms with Crippen molar-refractivity contribution in [1.29, 1.82) is 0 Å². The smallest absolute Gasteiger partial charge is 0.455 e. The number of nitrogens with one attached hydrogen (secondary N) is 4. The largest absolute Gasteiger partial charge is 0.509 e. The summed E-state index contributed by atoms with van der Waals surface area (Å²) in [6.07, 6.45) is -10.9. The molecule has 3 unspecified atom stereocenters. The molecule has 109 heavy (non-hydrogen) atoms. The Balaban J connectivity index is 0.000000397. The van der Waals surface area contributed by atoms with Crippen molar-refractivity contribution in [2.24, 2.45) is 34.3 Å². The van der Waals surface area contributed by atoms with Crippen molar-refractivity contribution in [2.45, 2.75) is 181 Å². The number of carbonyl (C=O) groups is 11. The third-order valence-electron chi connectivity index (χ3n) is 19.9. The van der Waals surface area contributed by atoms with Crippen molar-refractivity contribution in [2.75, 3.05) is 93.4 Å². The van der Waals surface area contributed by atoms with Crippen molar-refractivity contribution >= 4 is 65.4 Å². The molecule has 602 valence electrons. The number of carbonyl (C=O) groups excluding carboxylic acids is 11. The van der Waals surface area contributed by atoms with Gasteiger partial charge < -0.3 is 98.8 Å². The predicted molar refractivity (Wildman–Crippen MR) is 389 cm³/mol. The summed E-state index contributed by atoms with van der Waals surface area (Å²) in [5.74, 6) is -8.97. The fourth-order valence-corrected chi connectivity index (χ4v) is 13.9. The van der Waals surface area contributed by atoms with Crippen LogP contribution in [0.1, 0.15) is 135 Å². The van der Waals surface area contributed by atoms with Gasteiger partial charge in [0.1, 0.15) is 67.0 Å². The second-order valence-corrected chi connectivity index (χ2v) is 29.3. The van der Waals surface area contributed by atoms with Gasteiger partial charge in [0.25, 0.3) is 0 Å². The number of esters is 3. The summed E-state index contributed by atoms with van der Waals surface area (Å²) in [7, 11) is 2.96. The Morgan fingerprint density at radius 2 is 1.29 bits per heavy atom. The number of likely N-dealkylation sites (N-methyl/N-ethyl adjacent to an activating group) is 1. The second-order valence-electron chi connectivity index (χ2n) is 29.3. The first-order chi connectivity index (χ1) is 51.4. The van der Waals surface area contributed by atoms with E-state index in [1.807, 2.05) is 19.1 Å². The molecule has 1 aliphatic heterocycles. The molecule has 2 bridgehead atoms. The maximum atomic E-state index is 15.4. The molecule has 0 radical (unpaired) electrons. The number of amides is 5.